The molecule has 0 N–H and O–H groups in total. The van der Waals surface area contributed by atoms with Gasteiger partial charge >= 0.3 is 0 Å². The Morgan fingerprint density at radius 2 is 2.12 bits per heavy atom. The molecule has 0 fully saturated rings. The van der Waals surface area contributed by atoms with E-state index < -0.39 is 0 Å². The lowest BCUT2D eigenvalue weighted by Crippen LogP contribution is -1.95. The number of hydrogen-bond acceptors (Lipinski definition) is 1. The third-order valence-corrected chi connectivity index (χ3v) is 3.63. The summed E-state index contributed by atoms with van der Waals surface area (Å²) in [5.41, 5.74) is 2.58. The Bertz CT molecular complexity index is 610. The average Bonchev–Trinajstić information content (AvgIpc) is 2.89. The first-order chi connectivity index (χ1) is 7.83. The van der Waals surface area contributed by atoms with Gasteiger partial charge in [-0.05, 0) is 46.7 Å². The highest BCUT2D eigenvalue weighted by atomic mass is 35.5. The molecule has 1 nitrogen and oxygen atoms in total. The summed E-state index contributed by atoms with van der Waals surface area (Å²) < 4.78 is 2.24. The highest BCUT2D eigenvalue weighted by Crippen LogP contribution is 2.21. The Morgan fingerprint density at radius 1 is 1.19 bits per heavy atom. The fourth-order valence-electron chi connectivity index (χ4n) is 1.89. The van der Waals surface area contributed by atoms with Crippen LogP contribution < -0.4 is 0 Å². The first-order valence-electron chi connectivity index (χ1n) is 5.08. The van der Waals surface area contributed by atoms with Crippen LogP contribution in [0.3, 0.4) is 0 Å². The number of hydrogen-bond donors (Lipinski definition) is 0. The van der Waals surface area contributed by atoms with Gasteiger partial charge in [-0.1, -0.05) is 11.6 Å². The molecule has 16 heavy (non-hydrogen) atoms. The predicted octanol–water partition coefficient (Wildman–Crippen LogP) is 4.40. The molecule has 2 aromatic heterocycles. The van der Waals surface area contributed by atoms with E-state index in [2.05, 4.69) is 39.7 Å². The van der Waals surface area contributed by atoms with Crippen LogP contribution in [0.25, 0.3) is 10.9 Å². The van der Waals surface area contributed by atoms with Crippen molar-refractivity contribution in [3.63, 3.8) is 0 Å². The van der Waals surface area contributed by atoms with Crippen LogP contribution in [0.1, 0.15) is 5.56 Å². The molecule has 3 aromatic rings. The molecule has 0 saturated carbocycles. The van der Waals surface area contributed by atoms with E-state index in [0.29, 0.717) is 0 Å². The minimum atomic E-state index is 0.792. The normalized spacial score (nSPS) is 11.1. The summed E-state index contributed by atoms with van der Waals surface area (Å²) in [5.74, 6) is 0. The van der Waals surface area contributed by atoms with Crippen molar-refractivity contribution in [3.8, 4) is 0 Å². The second kappa shape index (κ2) is 3.96. The van der Waals surface area contributed by atoms with E-state index in [1.165, 1.54) is 16.5 Å². The summed E-state index contributed by atoms with van der Waals surface area (Å²) in [6.45, 7) is 0.925. The Hall–Kier alpha value is -1.25. The number of aromatic nitrogens is 1. The van der Waals surface area contributed by atoms with E-state index in [4.69, 9.17) is 11.6 Å². The van der Waals surface area contributed by atoms with Crippen molar-refractivity contribution in [3.05, 3.63) is 57.9 Å². The van der Waals surface area contributed by atoms with E-state index in [-0.39, 0.29) is 0 Å². The van der Waals surface area contributed by atoms with Crippen LogP contribution >= 0.6 is 22.9 Å². The Morgan fingerprint density at radius 3 is 2.94 bits per heavy atom. The summed E-state index contributed by atoms with van der Waals surface area (Å²) in [4.78, 5) is 0. The maximum Gasteiger partial charge on any atom is 0.0484 e. The zero-order chi connectivity index (χ0) is 11.0. The summed E-state index contributed by atoms with van der Waals surface area (Å²) in [5, 5.41) is 6.28. The lowest BCUT2D eigenvalue weighted by molar-refractivity contribution is 0.840. The van der Waals surface area contributed by atoms with Crippen molar-refractivity contribution in [2.75, 3.05) is 0 Å². The Kier molecular flexibility index (Phi) is 2.46. The molecule has 0 radical (unpaired) electrons. The van der Waals surface area contributed by atoms with Gasteiger partial charge in [0.1, 0.15) is 0 Å². The fraction of sp³-hybridized carbons (Fsp3) is 0.0769. The van der Waals surface area contributed by atoms with E-state index in [1.54, 1.807) is 11.3 Å². The molecule has 0 aliphatic rings. The van der Waals surface area contributed by atoms with Crippen LogP contribution in [-0.4, -0.2) is 4.57 Å². The maximum atomic E-state index is 5.96. The lowest BCUT2D eigenvalue weighted by Gasteiger charge is -2.03. The Balaban J connectivity index is 2.04. The zero-order valence-corrected chi connectivity index (χ0v) is 10.1. The molecule has 0 saturated heterocycles. The molecule has 3 heteroatoms. The SMILES string of the molecule is Clc1ccc2c(ccn2Cc2ccsc2)c1. The standard InChI is InChI=1S/C13H10ClNS/c14-12-1-2-13-11(7-12)3-5-15(13)8-10-4-6-16-9-10/h1-7,9H,8H2. The first kappa shape index (κ1) is 9.94. The zero-order valence-electron chi connectivity index (χ0n) is 8.56. The average molecular weight is 248 g/mol. The number of benzene rings is 1. The summed E-state index contributed by atoms with van der Waals surface area (Å²) in [7, 11) is 0. The van der Waals surface area contributed by atoms with Gasteiger partial charge in [0.25, 0.3) is 0 Å². The minimum absolute atomic E-state index is 0.792. The maximum absolute atomic E-state index is 5.96. The molecule has 2 heterocycles. The number of thiophene rings is 1. The second-order valence-electron chi connectivity index (χ2n) is 3.78. The van der Waals surface area contributed by atoms with Crippen molar-refractivity contribution < 1.29 is 0 Å². The fourth-order valence-corrected chi connectivity index (χ4v) is 2.73. The lowest BCUT2D eigenvalue weighted by atomic mass is 10.2. The largest absolute Gasteiger partial charge is 0.343 e. The molecule has 80 valence electrons. The van der Waals surface area contributed by atoms with E-state index in [0.717, 1.165) is 11.6 Å². The van der Waals surface area contributed by atoms with Gasteiger partial charge < -0.3 is 4.57 Å². The number of fused-ring (bicyclic) bond motifs is 1. The van der Waals surface area contributed by atoms with E-state index in [1.807, 2.05) is 12.1 Å². The third-order valence-electron chi connectivity index (χ3n) is 2.67. The van der Waals surface area contributed by atoms with Gasteiger partial charge in [-0.2, -0.15) is 11.3 Å². The van der Waals surface area contributed by atoms with Crippen LogP contribution in [0, 0.1) is 0 Å². The van der Waals surface area contributed by atoms with Crippen molar-refractivity contribution in [2.24, 2.45) is 0 Å². The second-order valence-corrected chi connectivity index (χ2v) is 4.99. The van der Waals surface area contributed by atoms with Gasteiger partial charge in [0.15, 0.2) is 0 Å². The van der Waals surface area contributed by atoms with Crippen LogP contribution in [0.5, 0.6) is 0 Å². The molecule has 1 aromatic carbocycles. The van der Waals surface area contributed by atoms with Crippen LogP contribution in [0.2, 0.25) is 5.02 Å². The molecule has 0 aliphatic heterocycles. The number of rotatable bonds is 2. The summed E-state index contributed by atoms with van der Waals surface area (Å²) in [6, 6.07) is 10.3. The molecule has 0 bridgehead atoms. The molecular formula is C13H10ClNS. The van der Waals surface area contributed by atoms with Crippen molar-refractivity contribution in [2.45, 2.75) is 6.54 Å². The molecule has 0 amide bonds. The van der Waals surface area contributed by atoms with Crippen LogP contribution in [-0.2, 0) is 6.54 Å². The van der Waals surface area contributed by atoms with E-state index in [9.17, 15) is 0 Å². The van der Waals surface area contributed by atoms with Crippen LogP contribution in [0.4, 0.5) is 0 Å². The van der Waals surface area contributed by atoms with Gasteiger partial charge in [-0.15, -0.1) is 0 Å². The van der Waals surface area contributed by atoms with E-state index >= 15 is 0 Å². The van der Waals surface area contributed by atoms with Gasteiger partial charge in [-0.3, -0.25) is 0 Å². The first-order valence-corrected chi connectivity index (χ1v) is 6.40. The minimum Gasteiger partial charge on any atom is -0.343 e. The predicted molar refractivity (Wildman–Crippen MR) is 70.4 cm³/mol. The molecule has 0 aliphatic carbocycles. The van der Waals surface area contributed by atoms with Crippen molar-refractivity contribution in [1.29, 1.82) is 0 Å². The number of nitrogens with zero attached hydrogens (tertiary/aromatic N) is 1. The molecule has 0 unspecified atom stereocenters. The van der Waals surface area contributed by atoms with Gasteiger partial charge in [0, 0.05) is 28.7 Å². The highest BCUT2D eigenvalue weighted by molar-refractivity contribution is 7.07. The molecular weight excluding hydrogens is 238 g/mol. The van der Waals surface area contributed by atoms with Crippen LogP contribution in [0.15, 0.2) is 47.3 Å². The molecule has 0 atom stereocenters. The molecule has 3 rings (SSSR count). The topological polar surface area (TPSA) is 4.93 Å². The number of halogens is 1. The Labute approximate surface area is 103 Å². The smallest absolute Gasteiger partial charge is 0.0484 e. The monoisotopic (exact) mass is 247 g/mol. The van der Waals surface area contributed by atoms with Gasteiger partial charge in [0.05, 0.1) is 0 Å². The molecule has 0 spiro atoms. The van der Waals surface area contributed by atoms with Crippen molar-refractivity contribution >= 4 is 33.8 Å². The summed E-state index contributed by atoms with van der Waals surface area (Å²) >= 11 is 7.70. The van der Waals surface area contributed by atoms with Gasteiger partial charge in [0.2, 0.25) is 0 Å². The quantitative estimate of drug-likeness (QED) is 0.632. The third kappa shape index (κ3) is 1.75. The summed E-state index contributed by atoms with van der Waals surface area (Å²) in [6.07, 6.45) is 2.11. The highest BCUT2D eigenvalue weighted by Gasteiger charge is 2.02. The van der Waals surface area contributed by atoms with Crippen molar-refractivity contribution in [1.82, 2.24) is 4.57 Å². The van der Waals surface area contributed by atoms with Gasteiger partial charge in [-0.25, -0.2) is 0 Å².